The van der Waals surface area contributed by atoms with E-state index < -0.39 is 18.1 Å². The van der Waals surface area contributed by atoms with Gasteiger partial charge in [0.05, 0.1) is 0 Å². The third-order valence-electron chi connectivity index (χ3n) is 3.87. The van der Waals surface area contributed by atoms with Crippen LogP contribution in [0.2, 0.25) is 0 Å². The van der Waals surface area contributed by atoms with Gasteiger partial charge in [-0.05, 0) is 57.9 Å². The summed E-state index contributed by atoms with van der Waals surface area (Å²) in [4.78, 5) is 25.9. The summed E-state index contributed by atoms with van der Waals surface area (Å²) in [5.74, 6) is -0.871. The van der Waals surface area contributed by atoms with Crippen LogP contribution in [0.15, 0.2) is 24.3 Å². The first kappa shape index (κ1) is 20.9. The number of piperidine rings is 1. The average Bonchev–Trinajstić information content (AvgIpc) is 2.54. The number of hydrogen-bond acceptors (Lipinski definition) is 4. The molecule has 1 aromatic carbocycles. The highest BCUT2D eigenvalue weighted by molar-refractivity contribution is 5.92. The lowest BCUT2D eigenvalue weighted by Gasteiger charge is -2.32. The largest absolute Gasteiger partial charge is 0.573 e. The van der Waals surface area contributed by atoms with E-state index in [0.717, 1.165) is 12.1 Å². The van der Waals surface area contributed by atoms with E-state index in [-0.39, 0.29) is 17.6 Å². The summed E-state index contributed by atoms with van der Waals surface area (Å²) in [6.07, 6.45) is -4.19. The Bertz CT molecular complexity index is 661. The first-order chi connectivity index (χ1) is 12.4. The Balaban J connectivity index is 1.83. The first-order valence-electron chi connectivity index (χ1n) is 8.57. The van der Waals surface area contributed by atoms with Crippen molar-refractivity contribution in [3.05, 3.63) is 24.3 Å². The van der Waals surface area contributed by atoms with Gasteiger partial charge in [0.2, 0.25) is 5.91 Å². The van der Waals surface area contributed by atoms with Crippen LogP contribution in [-0.4, -0.2) is 42.0 Å². The number of carbonyl (C=O) groups is 2. The Morgan fingerprint density at radius 2 is 1.63 bits per heavy atom. The summed E-state index contributed by atoms with van der Waals surface area (Å²) < 4.78 is 45.5. The van der Waals surface area contributed by atoms with Crippen LogP contribution in [0, 0.1) is 5.92 Å². The summed E-state index contributed by atoms with van der Waals surface area (Å²) >= 11 is 0. The monoisotopic (exact) mass is 388 g/mol. The maximum absolute atomic E-state index is 12.3. The van der Waals surface area contributed by atoms with Gasteiger partial charge in [0, 0.05) is 24.7 Å². The van der Waals surface area contributed by atoms with Crippen LogP contribution < -0.4 is 10.1 Å². The van der Waals surface area contributed by atoms with Gasteiger partial charge in [-0.15, -0.1) is 13.2 Å². The molecular formula is C18H23F3N2O4. The lowest BCUT2D eigenvalue weighted by Crippen LogP contribution is -2.43. The number of halogens is 3. The minimum Gasteiger partial charge on any atom is -0.444 e. The van der Waals surface area contributed by atoms with Gasteiger partial charge in [-0.1, -0.05) is 0 Å². The summed E-state index contributed by atoms with van der Waals surface area (Å²) in [5.41, 5.74) is -0.197. The second-order valence-electron chi connectivity index (χ2n) is 7.30. The predicted molar refractivity (Wildman–Crippen MR) is 92.3 cm³/mol. The first-order valence-corrected chi connectivity index (χ1v) is 8.57. The van der Waals surface area contributed by atoms with Crippen molar-refractivity contribution in [2.24, 2.45) is 5.92 Å². The van der Waals surface area contributed by atoms with Crippen LogP contribution in [0.4, 0.5) is 23.7 Å². The summed E-state index contributed by atoms with van der Waals surface area (Å²) in [6, 6.07) is 4.95. The Hall–Kier alpha value is -2.45. The molecule has 1 heterocycles. The third-order valence-corrected chi connectivity index (χ3v) is 3.87. The number of benzene rings is 1. The highest BCUT2D eigenvalue weighted by atomic mass is 19.4. The normalized spacial score (nSPS) is 16.0. The lowest BCUT2D eigenvalue weighted by molar-refractivity contribution is -0.274. The fraction of sp³-hybridized carbons (Fsp3) is 0.556. The van der Waals surface area contributed by atoms with Crippen LogP contribution >= 0.6 is 0 Å². The number of hydrogen-bond donors (Lipinski definition) is 1. The number of amides is 2. The minimum atomic E-state index is -4.76. The van der Waals surface area contributed by atoms with Gasteiger partial charge in [0.25, 0.3) is 0 Å². The summed E-state index contributed by atoms with van der Waals surface area (Å²) in [7, 11) is 0. The second-order valence-corrected chi connectivity index (χ2v) is 7.30. The van der Waals surface area contributed by atoms with Gasteiger partial charge >= 0.3 is 12.5 Å². The molecule has 1 aliphatic heterocycles. The molecule has 9 heteroatoms. The van der Waals surface area contributed by atoms with Crippen molar-refractivity contribution in [3.63, 3.8) is 0 Å². The van der Waals surface area contributed by atoms with E-state index in [1.165, 1.54) is 12.1 Å². The molecule has 2 rings (SSSR count). The molecule has 1 aliphatic rings. The molecule has 1 saturated heterocycles. The minimum absolute atomic E-state index is 0.233. The van der Waals surface area contributed by atoms with Crippen LogP contribution in [-0.2, 0) is 9.53 Å². The van der Waals surface area contributed by atoms with E-state index in [1.807, 2.05) is 0 Å². The van der Waals surface area contributed by atoms with Crippen LogP contribution in [0.5, 0.6) is 5.75 Å². The zero-order valence-electron chi connectivity index (χ0n) is 15.4. The second kappa shape index (κ2) is 8.06. The number of nitrogens with zero attached hydrogens (tertiary/aromatic N) is 1. The number of anilines is 1. The van der Waals surface area contributed by atoms with Crippen molar-refractivity contribution in [2.75, 3.05) is 18.4 Å². The molecule has 0 aliphatic carbocycles. The summed E-state index contributed by atoms with van der Waals surface area (Å²) in [6.45, 7) is 6.18. The molecular weight excluding hydrogens is 365 g/mol. The van der Waals surface area contributed by atoms with Crippen molar-refractivity contribution >= 4 is 17.7 Å². The Morgan fingerprint density at radius 1 is 1.07 bits per heavy atom. The number of carbonyl (C=O) groups excluding carboxylic acids is 2. The smallest absolute Gasteiger partial charge is 0.444 e. The SMILES string of the molecule is CC(C)(C)OC(=O)N1CCC(C(=O)Nc2ccc(OC(F)(F)F)cc2)CC1. The predicted octanol–water partition coefficient (Wildman–Crippen LogP) is 4.17. The third kappa shape index (κ3) is 6.99. The van der Waals surface area contributed by atoms with Crippen molar-refractivity contribution in [1.82, 2.24) is 4.90 Å². The highest BCUT2D eigenvalue weighted by Gasteiger charge is 2.31. The van der Waals surface area contributed by atoms with Gasteiger partial charge in [-0.3, -0.25) is 4.79 Å². The molecule has 0 unspecified atom stereocenters. The topological polar surface area (TPSA) is 67.9 Å². The van der Waals surface area contributed by atoms with Gasteiger partial charge < -0.3 is 19.7 Å². The van der Waals surface area contributed by atoms with Crippen LogP contribution in [0.25, 0.3) is 0 Å². The molecule has 6 nitrogen and oxygen atoms in total. The van der Waals surface area contributed by atoms with E-state index in [2.05, 4.69) is 10.1 Å². The van der Waals surface area contributed by atoms with E-state index in [0.29, 0.717) is 31.6 Å². The maximum atomic E-state index is 12.3. The van der Waals surface area contributed by atoms with Crippen LogP contribution in [0.3, 0.4) is 0 Å². The molecule has 0 radical (unpaired) electrons. The molecule has 0 bridgehead atoms. The molecule has 0 saturated carbocycles. The fourth-order valence-corrected chi connectivity index (χ4v) is 2.63. The molecule has 0 atom stereocenters. The van der Waals surface area contributed by atoms with Crippen molar-refractivity contribution in [1.29, 1.82) is 0 Å². The fourth-order valence-electron chi connectivity index (χ4n) is 2.63. The van der Waals surface area contributed by atoms with Gasteiger partial charge in [-0.2, -0.15) is 0 Å². The zero-order valence-corrected chi connectivity index (χ0v) is 15.4. The molecule has 1 aromatic rings. The number of ether oxygens (including phenoxy) is 2. The molecule has 0 aromatic heterocycles. The number of nitrogens with one attached hydrogen (secondary N) is 1. The molecule has 150 valence electrons. The van der Waals surface area contributed by atoms with E-state index in [9.17, 15) is 22.8 Å². The Kier molecular flexibility index (Phi) is 6.22. The van der Waals surface area contributed by atoms with E-state index >= 15 is 0 Å². The van der Waals surface area contributed by atoms with Crippen LogP contribution in [0.1, 0.15) is 33.6 Å². The Morgan fingerprint density at radius 3 is 2.11 bits per heavy atom. The molecule has 2 amide bonds. The molecule has 0 spiro atoms. The quantitative estimate of drug-likeness (QED) is 0.844. The standard InChI is InChI=1S/C18H23F3N2O4/c1-17(2,3)27-16(25)23-10-8-12(9-11-23)15(24)22-13-4-6-14(7-5-13)26-18(19,20)21/h4-7,12H,8-11H2,1-3H3,(H,22,24). The highest BCUT2D eigenvalue weighted by Crippen LogP contribution is 2.25. The maximum Gasteiger partial charge on any atom is 0.573 e. The van der Waals surface area contributed by atoms with Crippen molar-refractivity contribution < 1.29 is 32.2 Å². The molecule has 1 fully saturated rings. The lowest BCUT2D eigenvalue weighted by atomic mass is 9.96. The van der Waals surface area contributed by atoms with E-state index in [4.69, 9.17) is 4.74 Å². The van der Waals surface area contributed by atoms with Crippen molar-refractivity contribution in [3.8, 4) is 5.75 Å². The molecule has 27 heavy (non-hydrogen) atoms. The van der Waals surface area contributed by atoms with Gasteiger partial charge in [0.15, 0.2) is 0 Å². The number of alkyl halides is 3. The van der Waals surface area contributed by atoms with E-state index in [1.54, 1.807) is 25.7 Å². The Labute approximate surface area is 155 Å². The van der Waals surface area contributed by atoms with Crippen molar-refractivity contribution in [2.45, 2.75) is 45.6 Å². The van der Waals surface area contributed by atoms with Gasteiger partial charge in [0.1, 0.15) is 11.4 Å². The molecule has 1 N–H and O–H groups in total. The number of likely N-dealkylation sites (tertiary alicyclic amines) is 1. The number of rotatable bonds is 3. The zero-order chi connectivity index (χ0) is 20.2. The summed E-state index contributed by atoms with van der Waals surface area (Å²) in [5, 5.41) is 2.67. The van der Waals surface area contributed by atoms with Gasteiger partial charge in [-0.25, -0.2) is 4.79 Å². The average molecular weight is 388 g/mol.